The predicted octanol–water partition coefficient (Wildman–Crippen LogP) is 6.51. The average molecular weight is 346 g/mol. The molecule has 1 unspecified atom stereocenters. The number of rotatable bonds is 4. The van der Waals surface area contributed by atoms with E-state index in [0.29, 0.717) is 0 Å². The van der Waals surface area contributed by atoms with Crippen LogP contribution < -0.4 is 0 Å². The second kappa shape index (κ2) is 7.08. The van der Waals surface area contributed by atoms with Crippen LogP contribution in [-0.2, 0) is 10.9 Å². The summed E-state index contributed by atoms with van der Waals surface area (Å²) in [6, 6.07) is 34.7. The zero-order valence-electron chi connectivity index (χ0n) is 13.1. The van der Waals surface area contributed by atoms with Crippen LogP contribution in [0.2, 0.25) is 0 Å². The molecule has 1 heterocycles. The summed E-state index contributed by atoms with van der Waals surface area (Å²) in [5.41, 5.74) is 2.59. The highest BCUT2D eigenvalue weighted by molar-refractivity contribution is 7.99. The Morgan fingerprint density at radius 1 is 0.583 bits per heavy atom. The zero-order chi connectivity index (χ0) is 16.2. The van der Waals surface area contributed by atoms with Crippen molar-refractivity contribution in [2.75, 3.05) is 0 Å². The molecule has 0 fully saturated rings. The quantitative estimate of drug-likeness (QED) is 0.370. The first kappa shape index (κ1) is 15.3. The van der Waals surface area contributed by atoms with E-state index < -0.39 is 0 Å². The first-order valence-electron chi connectivity index (χ1n) is 7.91. The van der Waals surface area contributed by atoms with Crippen molar-refractivity contribution >= 4 is 22.2 Å². The molecular formula is C22H17S2+. The fourth-order valence-electron chi connectivity index (χ4n) is 2.79. The van der Waals surface area contributed by atoms with Gasteiger partial charge in [-0.25, -0.2) is 0 Å². The molecule has 1 aromatic heterocycles. The molecule has 0 saturated carbocycles. The summed E-state index contributed by atoms with van der Waals surface area (Å²) in [7, 11) is -0.0770. The van der Waals surface area contributed by atoms with Gasteiger partial charge in [0, 0.05) is 11.6 Å². The molecule has 0 amide bonds. The molecule has 3 aromatic carbocycles. The van der Waals surface area contributed by atoms with Crippen LogP contribution in [0.4, 0.5) is 0 Å². The van der Waals surface area contributed by atoms with Crippen molar-refractivity contribution in [2.45, 2.75) is 14.0 Å². The van der Waals surface area contributed by atoms with Crippen LogP contribution in [0, 0.1) is 0 Å². The SMILES string of the molecule is c1ccc(-c2ccccc2[S+](c2ccccc2)c2cccs2)cc1. The number of thiophene rings is 1. The molecule has 24 heavy (non-hydrogen) atoms. The fraction of sp³-hybridized carbons (Fsp3) is 0. The standard InChI is InChI=1S/C22H17S2/c1-3-10-18(11-4-1)20-14-7-8-15-21(20)24(22-16-9-17-23-22)19-12-5-2-6-13-19/h1-17H/q+1. The van der Waals surface area contributed by atoms with E-state index in [2.05, 4.69) is 102 Å². The molecule has 2 heteroatoms. The van der Waals surface area contributed by atoms with Crippen LogP contribution in [0.3, 0.4) is 0 Å². The lowest BCUT2D eigenvalue weighted by Gasteiger charge is -2.10. The van der Waals surface area contributed by atoms with Gasteiger partial charge in [0.2, 0.25) is 4.21 Å². The Morgan fingerprint density at radius 2 is 1.25 bits per heavy atom. The second-order valence-corrected chi connectivity index (χ2v) is 8.58. The highest BCUT2D eigenvalue weighted by Gasteiger charge is 2.32. The van der Waals surface area contributed by atoms with Crippen molar-refractivity contribution < 1.29 is 0 Å². The second-order valence-electron chi connectivity index (χ2n) is 5.41. The molecule has 0 bridgehead atoms. The minimum atomic E-state index is -0.0770. The van der Waals surface area contributed by atoms with Gasteiger partial charge in [0.1, 0.15) is 10.9 Å². The summed E-state index contributed by atoms with van der Waals surface area (Å²) >= 11 is 1.84. The van der Waals surface area contributed by atoms with Crippen molar-refractivity contribution in [2.24, 2.45) is 0 Å². The Bertz CT molecular complexity index is 897. The first-order valence-corrected chi connectivity index (χ1v) is 10.0. The Kier molecular flexibility index (Phi) is 4.50. The first-order chi connectivity index (χ1) is 11.9. The van der Waals surface area contributed by atoms with Crippen LogP contribution in [0.25, 0.3) is 11.1 Å². The molecule has 116 valence electrons. The van der Waals surface area contributed by atoms with Crippen molar-refractivity contribution in [3.63, 3.8) is 0 Å². The van der Waals surface area contributed by atoms with Crippen LogP contribution in [0.5, 0.6) is 0 Å². The molecular weight excluding hydrogens is 328 g/mol. The van der Waals surface area contributed by atoms with Crippen LogP contribution >= 0.6 is 11.3 Å². The summed E-state index contributed by atoms with van der Waals surface area (Å²) in [6.45, 7) is 0. The van der Waals surface area contributed by atoms with E-state index in [1.165, 1.54) is 25.1 Å². The maximum atomic E-state index is 2.28. The lowest BCUT2D eigenvalue weighted by atomic mass is 10.1. The van der Waals surface area contributed by atoms with Gasteiger partial charge in [-0.1, -0.05) is 72.0 Å². The molecule has 4 rings (SSSR count). The summed E-state index contributed by atoms with van der Waals surface area (Å²) < 4.78 is 1.41. The monoisotopic (exact) mass is 345 g/mol. The Hall–Kier alpha value is -2.29. The number of benzene rings is 3. The van der Waals surface area contributed by atoms with E-state index in [1.54, 1.807) is 0 Å². The Morgan fingerprint density at radius 3 is 1.96 bits per heavy atom. The molecule has 0 aliphatic heterocycles. The van der Waals surface area contributed by atoms with Gasteiger partial charge >= 0.3 is 0 Å². The lowest BCUT2D eigenvalue weighted by molar-refractivity contribution is 1.35. The van der Waals surface area contributed by atoms with Gasteiger partial charge in [-0.2, -0.15) is 0 Å². The van der Waals surface area contributed by atoms with E-state index in [0.717, 1.165) is 0 Å². The third-order valence-corrected chi connectivity index (χ3v) is 7.40. The Labute approximate surface area is 149 Å². The van der Waals surface area contributed by atoms with Gasteiger partial charge in [0.05, 0.1) is 0 Å². The Balaban J connectivity index is 1.92. The smallest absolute Gasteiger partial charge is 0.0936 e. The van der Waals surface area contributed by atoms with Gasteiger partial charge in [-0.05, 0) is 41.3 Å². The van der Waals surface area contributed by atoms with Crippen LogP contribution in [0.1, 0.15) is 0 Å². The third kappa shape index (κ3) is 3.03. The molecule has 4 aromatic rings. The van der Waals surface area contributed by atoms with Gasteiger partial charge < -0.3 is 0 Å². The molecule has 0 nitrogen and oxygen atoms in total. The zero-order valence-corrected chi connectivity index (χ0v) is 14.8. The lowest BCUT2D eigenvalue weighted by Crippen LogP contribution is -2.04. The van der Waals surface area contributed by atoms with Crippen molar-refractivity contribution in [3.05, 3.63) is 102 Å². The molecule has 0 N–H and O–H groups in total. The van der Waals surface area contributed by atoms with Crippen LogP contribution in [0.15, 0.2) is 116 Å². The average Bonchev–Trinajstić information content (AvgIpc) is 3.18. The fourth-order valence-corrected chi connectivity index (χ4v) is 6.31. The van der Waals surface area contributed by atoms with E-state index in [-0.39, 0.29) is 10.9 Å². The topological polar surface area (TPSA) is 0 Å². The van der Waals surface area contributed by atoms with Crippen molar-refractivity contribution in [1.82, 2.24) is 0 Å². The highest BCUT2D eigenvalue weighted by atomic mass is 32.2. The molecule has 0 saturated heterocycles. The minimum Gasteiger partial charge on any atom is -0.0936 e. The van der Waals surface area contributed by atoms with Gasteiger partial charge in [-0.15, -0.1) is 0 Å². The van der Waals surface area contributed by atoms with Gasteiger partial charge in [0.25, 0.3) is 0 Å². The van der Waals surface area contributed by atoms with Gasteiger partial charge in [0.15, 0.2) is 9.79 Å². The number of hydrogen-bond acceptors (Lipinski definition) is 1. The van der Waals surface area contributed by atoms with Crippen molar-refractivity contribution in [3.8, 4) is 11.1 Å². The molecule has 0 aliphatic rings. The minimum absolute atomic E-state index is 0.0770. The largest absolute Gasteiger partial charge is 0.220 e. The molecule has 0 spiro atoms. The number of hydrogen-bond donors (Lipinski definition) is 0. The summed E-state index contributed by atoms with van der Waals surface area (Å²) in [5.74, 6) is 0. The summed E-state index contributed by atoms with van der Waals surface area (Å²) in [6.07, 6.45) is 0. The maximum Gasteiger partial charge on any atom is 0.220 e. The predicted molar refractivity (Wildman–Crippen MR) is 105 cm³/mol. The highest BCUT2D eigenvalue weighted by Crippen LogP contribution is 2.38. The van der Waals surface area contributed by atoms with E-state index >= 15 is 0 Å². The van der Waals surface area contributed by atoms with Crippen molar-refractivity contribution in [1.29, 1.82) is 0 Å². The maximum absolute atomic E-state index is 2.28. The molecule has 0 aliphatic carbocycles. The summed E-state index contributed by atoms with van der Waals surface area (Å²) in [4.78, 5) is 2.75. The molecule has 0 radical (unpaired) electrons. The molecule has 1 atom stereocenters. The van der Waals surface area contributed by atoms with E-state index in [1.807, 2.05) is 11.3 Å². The van der Waals surface area contributed by atoms with Crippen LogP contribution in [-0.4, -0.2) is 0 Å². The van der Waals surface area contributed by atoms with E-state index in [9.17, 15) is 0 Å². The van der Waals surface area contributed by atoms with E-state index in [4.69, 9.17) is 0 Å². The normalized spacial score (nSPS) is 12.0. The summed E-state index contributed by atoms with van der Waals surface area (Å²) in [5, 5.41) is 2.17. The third-order valence-electron chi connectivity index (χ3n) is 3.87. The van der Waals surface area contributed by atoms with Gasteiger partial charge in [-0.3, -0.25) is 0 Å².